The number of anilines is 1. The fraction of sp³-hybridized carbons (Fsp3) is 0.545. The van der Waals surface area contributed by atoms with Crippen LogP contribution in [0.3, 0.4) is 0 Å². The van der Waals surface area contributed by atoms with Gasteiger partial charge in [-0.05, 0) is 13.3 Å². The molecule has 0 spiro atoms. The summed E-state index contributed by atoms with van der Waals surface area (Å²) in [6, 6.07) is 1.42. The maximum Gasteiger partial charge on any atom is 0.323 e. The third kappa shape index (κ3) is 2.61. The van der Waals surface area contributed by atoms with Crippen LogP contribution in [0.5, 0.6) is 0 Å². The molecule has 0 radical (unpaired) electrons. The molecule has 0 aromatic carbocycles. The Bertz CT molecular complexity index is 457. The summed E-state index contributed by atoms with van der Waals surface area (Å²) in [5.74, 6) is -0.815. The molecule has 1 aliphatic rings. The van der Waals surface area contributed by atoms with Crippen molar-refractivity contribution in [2.75, 3.05) is 18.4 Å². The second-order valence-corrected chi connectivity index (χ2v) is 4.26. The fourth-order valence-corrected chi connectivity index (χ4v) is 1.94. The quantitative estimate of drug-likeness (QED) is 0.834. The second kappa shape index (κ2) is 5.07. The molecule has 2 heterocycles. The smallest absolute Gasteiger partial charge is 0.323 e. The van der Waals surface area contributed by atoms with E-state index in [9.17, 15) is 9.59 Å². The van der Waals surface area contributed by atoms with E-state index in [4.69, 9.17) is 5.11 Å². The number of nitrogens with one attached hydrogen (secondary N) is 1. The van der Waals surface area contributed by atoms with Crippen LogP contribution in [0, 0.1) is 5.92 Å². The van der Waals surface area contributed by atoms with E-state index in [2.05, 4.69) is 10.4 Å². The van der Waals surface area contributed by atoms with Crippen LogP contribution in [0.1, 0.15) is 13.3 Å². The minimum Gasteiger partial charge on any atom is -0.481 e. The average molecular weight is 252 g/mol. The lowest BCUT2D eigenvalue weighted by Gasteiger charge is -2.15. The lowest BCUT2D eigenvalue weighted by molar-refractivity contribution is -0.141. The highest BCUT2D eigenvalue weighted by Crippen LogP contribution is 2.17. The predicted molar refractivity (Wildman–Crippen MR) is 64.2 cm³/mol. The summed E-state index contributed by atoms with van der Waals surface area (Å²) >= 11 is 0. The first kappa shape index (κ1) is 12.4. The van der Waals surface area contributed by atoms with Gasteiger partial charge in [0.05, 0.1) is 5.92 Å². The molecule has 0 bridgehead atoms. The second-order valence-electron chi connectivity index (χ2n) is 4.26. The zero-order valence-electron chi connectivity index (χ0n) is 10.2. The number of amides is 2. The lowest BCUT2D eigenvalue weighted by atomic mass is 10.1. The van der Waals surface area contributed by atoms with Gasteiger partial charge in [0.1, 0.15) is 0 Å². The molecule has 2 amide bonds. The van der Waals surface area contributed by atoms with Crippen LogP contribution in [0.2, 0.25) is 0 Å². The van der Waals surface area contributed by atoms with E-state index >= 15 is 0 Å². The summed E-state index contributed by atoms with van der Waals surface area (Å²) < 4.78 is 1.71. The van der Waals surface area contributed by atoms with Crippen LogP contribution in [-0.4, -0.2) is 44.9 Å². The molecule has 2 N–H and O–H groups in total. The highest BCUT2D eigenvalue weighted by molar-refractivity contribution is 5.89. The van der Waals surface area contributed by atoms with Crippen molar-refractivity contribution >= 4 is 17.8 Å². The normalized spacial score (nSPS) is 18.9. The lowest BCUT2D eigenvalue weighted by Crippen LogP contribution is -2.33. The predicted octanol–water partition coefficient (Wildman–Crippen LogP) is 0.841. The van der Waals surface area contributed by atoms with Crippen molar-refractivity contribution in [1.82, 2.24) is 14.7 Å². The maximum atomic E-state index is 11.9. The van der Waals surface area contributed by atoms with Crippen molar-refractivity contribution in [3.05, 3.63) is 12.3 Å². The summed E-state index contributed by atoms with van der Waals surface area (Å²) in [7, 11) is 0. The molecule has 1 unspecified atom stereocenters. The Morgan fingerprint density at radius 3 is 2.94 bits per heavy atom. The van der Waals surface area contributed by atoms with E-state index in [1.54, 1.807) is 16.9 Å². The first-order valence-electron chi connectivity index (χ1n) is 5.92. The summed E-state index contributed by atoms with van der Waals surface area (Å²) in [6.07, 6.45) is 2.28. The molecule has 7 heteroatoms. The largest absolute Gasteiger partial charge is 0.481 e. The Balaban J connectivity index is 1.91. The average Bonchev–Trinajstić information content (AvgIpc) is 2.97. The summed E-state index contributed by atoms with van der Waals surface area (Å²) in [5.41, 5.74) is 0. The van der Waals surface area contributed by atoms with Crippen LogP contribution in [-0.2, 0) is 11.3 Å². The Morgan fingerprint density at radius 1 is 1.61 bits per heavy atom. The van der Waals surface area contributed by atoms with Crippen LogP contribution in [0.15, 0.2) is 12.3 Å². The van der Waals surface area contributed by atoms with Crippen molar-refractivity contribution in [1.29, 1.82) is 0 Å². The van der Waals surface area contributed by atoms with E-state index in [0.29, 0.717) is 18.8 Å². The number of likely N-dealkylation sites (tertiary alicyclic amines) is 1. The minimum atomic E-state index is -0.847. The van der Waals surface area contributed by atoms with Gasteiger partial charge in [-0.1, -0.05) is 0 Å². The Kier molecular flexibility index (Phi) is 3.50. The van der Waals surface area contributed by atoms with Gasteiger partial charge in [0.15, 0.2) is 5.82 Å². The molecule has 1 aromatic heterocycles. The number of carboxylic acid groups (broad SMARTS) is 1. The summed E-state index contributed by atoms with van der Waals surface area (Å²) in [6.45, 7) is 3.42. The number of aryl methyl sites for hydroxylation is 1. The molecule has 1 atom stereocenters. The number of urea groups is 1. The number of carbonyl (C=O) groups excluding carboxylic acids is 1. The highest BCUT2D eigenvalue weighted by Gasteiger charge is 2.30. The van der Waals surface area contributed by atoms with Gasteiger partial charge in [-0.25, -0.2) is 4.79 Å². The van der Waals surface area contributed by atoms with Gasteiger partial charge in [-0.2, -0.15) is 5.10 Å². The highest BCUT2D eigenvalue weighted by atomic mass is 16.4. The molecule has 18 heavy (non-hydrogen) atoms. The van der Waals surface area contributed by atoms with Gasteiger partial charge in [0, 0.05) is 31.9 Å². The molecule has 2 rings (SSSR count). The topological polar surface area (TPSA) is 87.5 Å². The Hall–Kier alpha value is -2.05. The summed E-state index contributed by atoms with van der Waals surface area (Å²) in [4.78, 5) is 24.2. The van der Waals surface area contributed by atoms with Crippen LogP contribution in [0.4, 0.5) is 10.6 Å². The molecule has 1 aromatic rings. The molecule has 7 nitrogen and oxygen atoms in total. The molecule has 1 aliphatic heterocycles. The molecule has 1 fully saturated rings. The number of hydrogen-bond donors (Lipinski definition) is 2. The monoisotopic (exact) mass is 252 g/mol. The Labute approximate surface area is 104 Å². The van der Waals surface area contributed by atoms with E-state index in [1.165, 1.54) is 4.90 Å². The van der Waals surface area contributed by atoms with Crippen molar-refractivity contribution in [2.45, 2.75) is 19.9 Å². The number of aliphatic carboxylic acids is 1. The number of rotatable bonds is 3. The van der Waals surface area contributed by atoms with Crippen molar-refractivity contribution in [3.63, 3.8) is 0 Å². The van der Waals surface area contributed by atoms with E-state index < -0.39 is 11.9 Å². The van der Waals surface area contributed by atoms with Crippen LogP contribution >= 0.6 is 0 Å². The minimum absolute atomic E-state index is 0.260. The van der Waals surface area contributed by atoms with Crippen molar-refractivity contribution in [2.24, 2.45) is 5.92 Å². The van der Waals surface area contributed by atoms with E-state index in [-0.39, 0.29) is 12.6 Å². The van der Waals surface area contributed by atoms with Crippen molar-refractivity contribution < 1.29 is 14.7 Å². The van der Waals surface area contributed by atoms with Crippen LogP contribution in [0.25, 0.3) is 0 Å². The molecule has 0 aliphatic carbocycles. The number of hydrogen-bond acceptors (Lipinski definition) is 3. The number of carbonyl (C=O) groups is 2. The van der Waals surface area contributed by atoms with Gasteiger partial charge in [0.25, 0.3) is 0 Å². The van der Waals surface area contributed by atoms with Crippen molar-refractivity contribution in [3.8, 4) is 0 Å². The first-order valence-corrected chi connectivity index (χ1v) is 5.92. The van der Waals surface area contributed by atoms with E-state index in [0.717, 1.165) is 6.54 Å². The molecule has 1 saturated heterocycles. The first-order chi connectivity index (χ1) is 8.60. The zero-order valence-corrected chi connectivity index (χ0v) is 10.2. The van der Waals surface area contributed by atoms with E-state index in [1.807, 2.05) is 6.92 Å². The van der Waals surface area contributed by atoms with Gasteiger partial charge < -0.3 is 10.0 Å². The fourth-order valence-electron chi connectivity index (χ4n) is 1.94. The van der Waals surface area contributed by atoms with Crippen LogP contribution < -0.4 is 5.32 Å². The molecule has 98 valence electrons. The molecular formula is C11H16N4O3. The zero-order chi connectivity index (χ0) is 13.1. The molecule has 0 saturated carbocycles. The van der Waals surface area contributed by atoms with Gasteiger partial charge in [0.2, 0.25) is 0 Å². The third-order valence-corrected chi connectivity index (χ3v) is 3.02. The number of aromatic nitrogens is 2. The van der Waals surface area contributed by atoms with Gasteiger partial charge >= 0.3 is 12.0 Å². The van der Waals surface area contributed by atoms with Gasteiger partial charge in [-0.15, -0.1) is 0 Å². The number of nitrogens with zero attached hydrogens (tertiary/aromatic N) is 3. The Morgan fingerprint density at radius 2 is 2.39 bits per heavy atom. The van der Waals surface area contributed by atoms with Gasteiger partial charge in [-0.3, -0.25) is 14.8 Å². The third-order valence-electron chi connectivity index (χ3n) is 3.02. The SMILES string of the molecule is CCn1ccc(NC(=O)N2CCC(C(=O)O)C2)n1. The summed E-state index contributed by atoms with van der Waals surface area (Å²) in [5, 5.41) is 15.7. The standard InChI is InChI=1S/C11H16N4O3/c1-2-15-6-4-9(13-15)12-11(18)14-5-3-8(7-14)10(16)17/h4,6,8H,2-3,5,7H2,1H3,(H,16,17)(H,12,13,18). The number of carboxylic acids is 1. The maximum absolute atomic E-state index is 11.9. The molecular weight excluding hydrogens is 236 g/mol.